The number of nitrogens with one attached hydrogen (secondary N) is 1. The molecule has 2 fully saturated rings. The molecule has 0 aliphatic carbocycles. The standard InChI is InChI=1S/C21H24BrN4O8P/c1-21(29)16(27)15(33-19(21)26-7-5-13-17(26)24-20(23)25-18(13)28)10-32-35(30)31-8-6-14(34-35)11-3-2-4-12(22)9-11/h2-5,7,9,14-16,19,27,29H,6,8,10H2,1H3,(H3,23,24,25,28)/t14-,15+,16+,19+,21+,35?/m0/s1. The zero-order valence-electron chi connectivity index (χ0n) is 18.5. The number of H-pyrrole nitrogens is 1. The summed E-state index contributed by atoms with van der Waals surface area (Å²) in [5.41, 5.74) is 4.40. The first-order chi connectivity index (χ1) is 16.6. The molecule has 5 N–H and O–H groups in total. The highest BCUT2D eigenvalue weighted by atomic mass is 79.9. The summed E-state index contributed by atoms with van der Waals surface area (Å²) in [7, 11) is -3.97. The van der Waals surface area contributed by atoms with E-state index in [0.29, 0.717) is 6.42 Å². The van der Waals surface area contributed by atoms with Gasteiger partial charge in [0.25, 0.3) is 5.56 Å². The lowest BCUT2D eigenvalue weighted by Gasteiger charge is -2.30. The highest BCUT2D eigenvalue weighted by Crippen LogP contribution is 2.57. The van der Waals surface area contributed by atoms with Crippen LogP contribution in [-0.2, 0) is 22.9 Å². The number of hydrogen-bond acceptors (Lipinski definition) is 10. The van der Waals surface area contributed by atoms with Gasteiger partial charge in [0.2, 0.25) is 5.95 Å². The predicted octanol–water partition coefficient (Wildman–Crippen LogP) is 2.38. The van der Waals surface area contributed by atoms with Crippen LogP contribution in [0.25, 0.3) is 11.0 Å². The van der Waals surface area contributed by atoms with Crippen LogP contribution in [0.2, 0.25) is 0 Å². The Balaban J connectivity index is 1.33. The highest BCUT2D eigenvalue weighted by Gasteiger charge is 2.54. The van der Waals surface area contributed by atoms with E-state index < -0.39 is 43.5 Å². The Labute approximate surface area is 207 Å². The lowest BCUT2D eigenvalue weighted by Crippen LogP contribution is -2.44. The number of ether oxygens (including phenoxy) is 1. The molecule has 14 heteroatoms. The molecule has 2 aliphatic rings. The van der Waals surface area contributed by atoms with E-state index >= 15 is 0 Å². The summed E-state index contributed by atoms with van der Waals surface area (Å²) < 4.78 is 37.8. The van der Waals surface area contributed by atoms with Gasteiger partial charge in [-0.05, 0) is 30.7 Å². The van der Waals surface area contributed by atoms with Crippen molar-refractivity contribution in [2.24, 2.45) is 0 Å². The molecule has 35 heavy (non-hydrogen) atoms. The van der Waals surface area contributed by atoms with Crippen LogP contribution >= 0.6 is 23.8 Å². The average Bonchev–Trinajstić information content (AvgIpc) is 3.31. The van der Waals surface area contributed by atoms with E-state index in [2.05, 4.69) is 25.9 Å². The Morgan fingerprint density at radius 3 is 3.00 bits per heavy atom. The molecule has 5 rings (SSSR count). The van der Waals surface area contributed by atoms with Gasteiger partial charge in [0.1, 0.15) is 17.8 Å². The molecular weight excluding hydrogens is 547 g/mol. The number of nitrogens with zero attached hydrogens (tertiary/aromatic N) is 2. The summed E-state index contributed by atoms with van der Waals surface area (Å²) in [6.45, 7) is 1.15. The Kier molecular flexibility index (Phi) is 6.39. The Morgan fingerprint density at radius 1 is 1.43 bits per heavy atom. The summed E-state index contributed by atoms with van der Waals surface area (Å²) in [5, 5.41) is 22.1. The molecule has 1 aromatic carbocycles. The van der Waals surface area contributed by atoms with Crippen molar-refractivity contribution >= 4 is 40.7 Å². The number of anilines is 1. The van der Waals surface area contributed by atoms with Crippen LogP contribution in [0.1, 0.15) is 31.2 Å². The number of aromatic amines is 1. The summed E-state index contributed by atoms with van der Waals surface area (Å²) in [6.07, 6.45) is -2.17. The van der Waals surface area contributed by atoms with Gasteiger partial charge in [-0.15, -0.1) is 0 Å². The van der Waals surface area contributed by atoms with Crippen molar-refractivity contribution in [2.75, 3.05) is 18.9 Å². The first-order valence-corrected chi connectivity index (χ1v) is 13.1. The second-order valence-electron chi connectivity index (χ2n) is 8.62. The van der Waals surface area contributed by atoms with Crippen molar-refractivity contribution in [1.82, 2.24) is 14.5 Å². The zero-order valence-corrected chi connectivity index (χ0v) is 21.0. The van der Waals surface area contributed by atoms with Gasteiger partial charge in [0.05, 0.1) is 24.7 Å². The summed E-state index contributed by atoms with van der Waals surface area (Å²) >= 11 is 3.41. The normalized spacial score (nSPS) is 33.4. The second-order valence-corrected chi connectivity index (χ2v) is 11.2. The van der Waals surface area contributed by atoms with Crippen LogP contribution in [0.5, 0.6) is 0 Å². The fraction of sp³-hybridized carbons (Fsp3) is 0.429. The van der Waals surface area contributed by atoms with Crippen LogP contribution in [0.3, 0.4) is 0 Å². The largest absolute Gasteiger partial charge is 0.475 e. The molecule has 6 atom stereocenters. The fourth-order valence-electron chi connectivity index (χ4n) is 4.30. The van der Waals surface area contributed by atoms with Crippen molar-refractivity contribution < 1.29 is 33.1 Å². The summed E-state index contributed by atoms with van der Waals surface area (Å²) in [5.74, 6) is -0.106. The topological polar surface area (TPSA) is 171 Å². The van der Waals surface area contributed by atoms with Crippen LogP contribution in [0, 0.1) is 0 Å². The number of nitrogen functional groups attached to an aromatic ring is 1. The quantitative estimate of drug-likeness (QED) is 0.334. The van der Waals surface area contributed by atoms with Crippen LogP contribution < -0.4 is 11.3 Å². The first-order valence-electron chi connectivity index (χ1n) is 10.8. The molecule has 3 aromatic rings. The van der Waals surface area contributed by atoms with Gasteiger partial charge in [0, 0.05) is 17.1 Å². The number of aliphatic hydroxyl groups is 2. The maximum absolute atomic E-state index is 13.1. The maximum Gasteiger partial charge on any atom is 0.475 e. The minimum Gasteiger partial charge on any atom is -0.387 e. The number of fused-ring (bicyclic) bond motifs is 1. The molecule has 188 valence electrons. The SMILES string of the molecule is C[C@@]1(O)[C@H](O)[C@@H](COP2(=O)OCC[C@@H](c3cccc(Br)c3)O2)O[C@H]1n1ccc2c(=O)[nH]c(N)nc21. The molecule has 0 radical (unpaired) electrons. The monoisotopic (exact) mass is 570 g/mol. The van der Waals surface area contributed by atoms with E-state index in [1.807, 2.05) is 24.3 Å². The van der Waals surface area contributed by atoms with E-state index in [0.717, 1.165) is 10.0 Å². The first kappa shape index (κ1) is 24.6. The summed E-state index contributed by atoms with van der Waals surface area (Å²) in [4.78, 5) is 18.7. The third kappa shape index (κ3) is 4.58. The van der Waals surface area contributed by atoms with E-state index in [1.165, 1.54) is 23.8 Å². The molecule has 0 bridgehead atoms. The Hall–Kier alpha value is -2.09. The van der Waals surface area contributed by atoms with E-state index in [4.69, 9.17) is 24.0 Å². The number of nitrogens with two attached hydrogens (primary N) is 1. The number of benzene rings is 1. The van der Waals surface area contributed by atoms with Crippen molar-refractivity contribution in [3.05, 3.63) is 56.9 Å². The minimum atomic E-state index is -3.97. The van der Waals surface area contributed by atoms with E-state index in [1.54, 1.807) is 0 Å². The predicted molar refractivity (Wildman–Crippen MR) is 127 cm³/mol. The maximum atomic E-state index is 13.1. The summed E-state index contributed by atoms with van der Waals surface area (Å²) in [6, 6.07) is 8.92. The molecule has 0 amide bonds. The second kappa shape index (κ2) is 9.09. The average molecular weight is 571 g/mol. The highest BCUT2D eigenvalue weighted by molar-refractivity contribution is 9.10. The Bertz CT molecular complexity index is 1360. The third-order valence-corrected chi connectivity index (χ3v) is 8.08. The molecule has 2 aromatic heterocycles. The number of phosphoric acid groups is 1. The lowest BCUT2D eigenvalue weighted by atomic mass is 9.96. The van der Waals surface area contributed by atoms with Gasteiger partial charge in [0.15, 0.2) is 11.9 Å². The molecule has 12 nitrogen and oxygen atoms in total. The molecule has 0 saturated carbocycles. The van der Waals surface area contributed by atoms with Crippen LogP contribution in [-0.4, -0.2) is 55.8 Å². The molecule has 2 saturated heterocycles. The van der Waals surface area contributed by atoms with Gasteiger partial charge < -0.3 is 25.3 Å². The van der Waals surface area contributed by atoms with Crippen LogP contribution in [0.4, 0.5) is 5.95 Å². The van der Waals surface area contributed by atoms with Gasteiger partial charge in [-0.3, -0.25) is 23.3 Å². The Morgan fingerprint density at radius 2 is 2.23 bits per heavy atom. The number of aromatic nitrogens is 3. The van der Waals surface area contributed by atoms with Crippen molar-refractivity contribution in [3.8, 4) is 0 Å². The molecular formula is C21H24BrN4O8P. The lowest BCUT2D eigenvalue weighted by molar-refractivity contribution is -0.0950. The molecule has 0 spiro atoms. The van der Waals surface area contributed by atoms with E-state index in [9.17, 15) is 19.6 Å². The van der Waals surface area contributed by atoms with Crippen molar-refractivity contribution in [3.63, 3.8) is 0 Å². The number of halogens is 1. The van der Waals surface area contributed by atoms with Gasteiger partial charge >= 0.3 is 7.82 Å². The number of hydrogen-bond donors (Lipinski definition) is 4. The van der Waals surface area contributed by atoms with Crippen molar-refractivity contribution in [2.45, 2.75) is 43.5 Å². The van der Waals surface area contributed by atoms with Crippen LogP contribution in [0.15, 0.2) is 45.8 Å². The molecule has 1 unspecified atom stereocenters. The number of phosphoric ester groups is 1. The molecule has 2 aliphatic heterocycles. The third-order valence-electron chi connectivity index (χ3n) is 6.11. The van der Waals surface area contributed by atoms with Gasteiger partial charge in [-0.25, -0.2) is 4.57 Å². The van der Waals surface area contributed by atoms with Gasteiger partial charge in [-0.1, -0.05) is 28.1 Å². The number of aliphatic hydroxyl groups excluding tert-OH is 1. The fourth-order valence-corrected chi connectivity index (χ4v) is 6.11. The zero-order chi connectivity index (χ0) is 25.0. The smallest absolute Gasteiger partial charge is 0.387 e. The van der Waals surface area contributed by atoms with Crippen molar-refractivity contribution in [1.29, 1.82) is 0 Å². The van der Waals surface area contributed by atoms with Gasteiger partial charge in [-0.2, -0.15) is 4.98 Å². The molecule has 4 heterocycles. The minimum absolute atomic E-state index is 0.106. The number of rotatable bonds is 5. The van der Waals surface area contributed by atoms with E-state index in [-0.39, 0.29) is 30.2 Å².